The van der Waals surface area contributed by atoms with Gasteiger partial charge < -0.3 is 5.11 Å². The SMILES string of the molecule is O=C(O)c1cc(C(F)(F)F)ccc1Sc1ccncn1. The van der Waals surface area contributed by atoms with Gasteiger partial charge >= 0.3 is 12.1 Å². The maximum absolute atomic E-state index is 12.6. The highest BCUT2D eigenvalue weighted by Gasteiger charge is 2.31. The number of nitrogens with zero attached hydrogens (tertiary/aromatic N) is 2. The zero-order valence-corrected chi connectivity index (χ0v) is 10.6. The van der Waals surface area contributed by atoms with Gasteiger partial charge in [0.2, 0.25) is 0 Å². The number of hydrogen-bond acceptors (Lipinski definition) is 4. The van der Waals surface area contributed by atoms with Crippen molar-refractivity contribution in [2.75, 3.05) is 0 Å². The molecular weight excluding hydrogens is 293 g/mol. The van der Waals surface area contributed by atoms with E-state index in [1.54, 1.807) is 0 Å². The molecule has 1 aromatic carbocycles. The topological polar surface area (TPSA) is 63.1 Å². The number of halogens is 3. The van der Waals surface area contributed by atoms with Crippen LogP contribution >= 0.6 is 11.8 Å². The molecule has 0 saturated carbocycles. The summed E-state index contributed by atoms with van der Waals surface area (Å²) in [5.41, 5.74) is -1.41. The van der Waals surface area contributed by atoms with Gasteiger partial charge in [-0.05, 0) is 24.3 Å². The van der Waals surface area contributed by atoms with Crippen LogP contribution in [0, 0.1) is 0 Å². The average molecular weight is 300 g/mol. The fraction of sp³-hybridized carbons (Fsp3) is 0.0833. The molecule has 0 aliphatic heterocycles. The molecule has 1 heterocycles. The lowest BCUT2D eigenvalue weighted by Gasteiger charge is -2.10. The van der Waals surface area contributed by atoms with Crippen molar-refractivity contribution in [3.05, 3.63) is 47.9 Å². The van der Waals surface area contributed by atoms with E-state index in [0.717, 1.165) is 23.9 Å². The number of rotatable bonds is 3. The number of carboxylic acids is 1. The standard InChI is InChI=1S/C12H7F3N2O2S/c13-12(14,15)7-1-2-9(8(5-7)11(18)19)20-10-3-4-16-6-17-10/h1-6H,(H,18,19). The summed E-state index contributed by atoms with van der Waals surface area (Å²) in [6.07, 6.45) is -1.85. The minimum Gasteiger partial charge on any atom is -0.478 e. The van der Waals surface area contributed by atoms with Gasteiger partial charge in [0.15, 0.2) is 0 Å². The van der Waals surface area contributed by atoms with Crippen LogP contribution in [0.5, 0.6) is 0 Å². The van der Waals surface area contributed by atoms with Crippen LogP contribution in [0.15, 0.2) is 46.7 Å². The van der Waals surface area contributed by atoms with Gasteiger partial charge in [-0.1, -0.05) is 11.8 Å². The molecule has 0 saturated heterocycles. The molecule has 20 heavy (non-hydrogen) atoms. The van der Waals surface area contributed by atoms with E-state index in [9.17, 15) is 18.0 Å². The zero-order chi connectivity index (χ0) is 14.8. The Bertz CT molecular complexity index is 632. The van der Waals surface area contributed by atoms with Gasteiger partial charge in [0.1, 0.15) is 11.4 Å². The summed E-state index contributed by atoms with van der Waals surface area (Å²) in [6.45, 7) is 0. The van der Waals surface area contributed by atoms with Crippen molar-refractivity contribution in [2.45, 2.75) is 16.1 Å². The normalized spacial score (nSPS) is 11.3. The van der Waals surface area contributed by atoms with Crippen molar-refractivity contribution < 1.29 is 23.1 Å². The fourth-order valence-corrected chi connectivity index (χ4v) is 2.26. The van der Waals surface area contributed by atoms with Gasteiger partial charge in [0.25, 0.3) is 0 Å². The minimum atomic E-state index is -4.58. The first-order chi connectivity index (χ1) is 9.38. The van der Waals surface area contributed by atoms with Gasteiger partial charge in [-0.3, -0.25) is 0 Å². The number of carbonyl (C=O) groups is 1. The molecule has 0 unspecified atom stereocenters. The Morgan fingerprint density at radius 3 is 2.55 bits per heavy atom. The molecule has 104 valence electrons. The second-order valence-corrected chi connectivity index (χ2v) is 4.73. The lowest BCUT2D eigenvalue weighted by atomic mass is 10.1. The molecule has 1 N–H and O–H groups in total. The van der Waals surface area contributed by atoms with E-state index < -0.39 is 23.3 Å². The zero-order valence-electron chi connectivity index (χ0n) is 9.76. The van der Waals surface area contributed by atoms with Gasteiger partial charge in [0, 0.05) is 11.1 Å². The minimum absolute atomic E-state index is 0.184. The molecule has 4 nitrogen and oxygen atoms in total. The third-order valence-electron chi connectivity index (χ3n) is 2.31. The number of carboxylic acid groups (broad SMARTS) is 1. The van der Waals surface area contributed by atoms with Crippen LogP contribution in [0.25, 0.3) is 0 Å². The van der Waals surface area contributed by atoms with Crippen LogP contribution in [-0.2, 0) is 6.18 Å². The van der Waals surface area contributed by atoms with Crippen LogP contribution in [0.1, 0.15) is 15.9 Å². The molecule has 0 bridgehead atoms. The number of aromatic carboxylic acids is 1. The Labute approximate surface area is 115 Å². The molecule has 0 atom stereocenters. The Kier molecular flexibility index (Phi) is 3.93. The van der Waals surface area contributed by atoms with E-state index in [-0.39, 0.29) is 4.90 Å². The van der Waals surface area contributed by atoms with E-state index in [1.807, 2.05) is 0 Å². The predicted octanol–water partition coefficient (Wildman–Crippen LogP) is 3.34. The first-order valence-corrected chi connectivity index (χ1v) is 6.08. The molecule has 0 spiro atoms. The number of alkyl halides is 3. The molecule has 0 aliphatic rings. The second-order valence-electron chi connectivity index (χ2n) is 3.66. The smallest absolute Gasteiger partial charge is 0.416 e. The molecule has 0 aliphatic carbocycles. The summed E-state index contributed by atoms with van der Waals surface area (Å²) in [5.74, 6) is -1.42. The van der Waals surface area contributed by atoms with Gasteiger partial charge in [-0.15, -0.1) is 0 Å². The van der Waals surface area contributed by atoms with E-state index in [0.29, 0.717) is 11.1 Å². The van der Waals surface area contributed by atoms with Crippen molar-refractivity contribution in [2.24, 2.45) is 0 Å². The first-order valence-electron chi connectivity index (χ1n) is 5.26. The van der Waals surface area contributed by atoms with Gasteiger partial charge in [0.05, 0.1) is 11.1 Å². The molecule has 8 heteroatoms. The van der Waals surface area contributed by atoms with Gasteiger partial charge in [-0.2, -0.15) is 13.2 Å². The third kappa shape index (κ3) is 3.27. The van der Waals surface area contributed by atoms with Crippen molar-refractivity contribution in [1.82, 2.24) is 9.97 Å². The Morgan fingerprint density at radius 1 is 1.25 bits per heavy atom. The molecule has 0 radical (unpaired) electrons. The molecular formula is C12H7F3N2O2S. The summed E-state index contributed by atoms with van der Waals surface area (Å²) < 4.78 is 37.7. The molecule has 0 fully saturated rings. The Balaban J connectivity index is 2.41. The summed E-state index contributed by atoms with van der Waals surface area (Å²) in [6, 6.07) is 4.12. The van der Waals surface area contributed by atoms with E-state index in [2.05, 4.69) is 9.97 Å². The van der Waals surface area contributed by atoms with Crippen LogP contribution in [0.3, 0.4) is 0 Å². The highest BCUT2D eigenvalue weighted by atomic mass is 32.2. The van der Waals surface area contributed by atoms with Crippen LogP contribution in [0.2, 0.25) is 0 Å². The fourth-order valence-electron chi connectivity index (χ4n) is 1.41. The Morgan fingerprint density at radius 2 is 2.00 bits per heavy atom. The van der Waals surface area contributed by atoms with Crippen LogP contribution < -0.4 is 0 Å². The van der Waals surface area contributed by atoms with Gasteiger partial charge in [-0.25, -0.2) is 14.8 Å². The van der Waals surface area contributed by atoms with Crippen molar-refractivity contribution in [3.63, 3.8) is 0 Å². The molecule has 0 amide bonds. The third-order valence-corrected chi connectivity index (χ3v) is 3.33. The maximum Gasteiger partial charge on any atom is 0.416 e. The number of hydrogen-bond donors (Lipinski definition) is 1. The molecule has 2 aromatic rings. The molecule has 1 aromatic heterocycles. The van der Waals surface area contributed by atoms with Crippen LogP contribution in [-0.4, -0.2) is 21.0 Å². The summed E-state index contributed by atoms with van der Waals surface area (Å²) >= 11 is 0.963. The van der Waals surface area contributed by atoms with E-state index in [4.69, 9.17) is 5.11 Å². The largest absolute Gasteiger partial charge is 0.478 e. The lowest BCUT2D eigenvalue weighted by Crippen LogP contribution is -2.08. The number of benzene rings is 1. The quantitative estimate of drug-likeness (QED) is 0.881. The van der Waals surface area contributed by atoms with Crippen molar-refractivity contribution in [3.8, 4) is 0 Å². The lowest BCUT2D eigenvalue weighted by molar-refractivity contribution is -0.137. The first kappa shape index (κ1) is 14.3. The Hall–Kier alpha value is -2.09. The summed E-state index contributed by atoms with van der Waals surface area (Å²) in [5, 5.41) is 9.47. The van der Waals surface area contributed by atoms with E-state index >= 15 is 0 Å². The highest BCUT2D eigenvalue weighted by molar-refractivity contribution is 7.99. The predicted molar refractivity (Wildman–Crippen MR) is 64.6 cm³/mol. The highest BCUT2D eigenvalue weighted by Crippen LogP contribution is 2.35. The number of aromatic nitrogens is 2. The summed E-state index contributed by atoms with van der Waals surface area (Å²) in [7, 11) is 0. The average Bonchev–Trinajstić information content (AvgIpc) is 2.38. The maximum atomic E-state index is 12.6. The monoisotopic (exact) mass is 300 g/mol. The second kappa shape index (κ2) is 5.49. The van der Waals surface area contributed by atoms with Crippen molar-refractivity contribution in [1.29, 1.82) is 0 Å². The van der Waals surface area contributed by atoms with E-state index in [1.165, 1.54) is 18.6 Å². The summed E-state index contributed by atoms with van der Waals surface area (Å²) in [4.78, 5) is 18.8. The van der Waals surface area contributed by atoms with Crippen LogP contribution in [0.4, 0.5) is 13.2 Å². The molecule has 2 rings (SSSR count). The van der Waals surface area contributed by atoms with Crippen molar-refractivity contribution >= 4 is 17.7 Å².